The molecule has 0 aromatic rings. The SMILES string of the molecule is CCCCC/C=C\C/C=C\CCCCCCCCCC(CC(=O)NC(CO)C(O)CCCCCCCCCCCCCCCCCCC)OC(=O)CCCCCCCCCCCCCCCCCCCC. The van der Waals surface area contributed by atoms with E-state index in [-0.39, 0.29) is 24.9 Å². The molecule has 3 N–H and O–H groups in total. The number of hydrogen-bond donors (Lipinski definition) is 3. The Hall–Kier alpha value is -1.66. The number of hydrogen-bond acceptors (Lipinski definition) is 5. The summed E-state index contributed by atoms with van der Waals surface area (Å²) >= 11 is 0. The highest BCUT2D eigenvalue weighted by molar-refractivity contribution is 5.77. The van der Waals surface area contributed by atoms with E-state index in [4.69, 9.17) is 4.74 Å². The number of esters is 1. The smallest absolute Gasteiger partial charge is 0.306 e. The van der Waals surface area contributed by atoms with Crippen LogP contribution in [0.3, 0.4) is 0 Å². The molecule has 0 aliphatic carbocycles. The summed E-state index contributed by atoms with van der Waals surface area (Å²) in [5.74, 6) is -0.456. The molecule has 0 fully saturated rings. The van der Waals surface area contributed by atoms with E-state index in [1.165, 1.54) is 244 Å². The van der Waals surface area contributed by atoms with Crippen LogP contribution in [-0.4, -0.2) is 46.9 Å². The molecule has 0 saturated carbocycles. The second kappa shape index (κ2) is 59.2. The summed E-state index contributed by atoms with van der Waals surface area (Å²) in [7, 11) is 0. The zero-order valence-corrected chi connectivity index (χ0v) is 48.1. The fourth-order valence-corrected chi connectivity index (χ4v) is 10.2. The number of rotatable bonds is 59. The first-order valence-corrected chi connectivity index (χ1v) is 32.1. The van der Waals surface area contributed by atoms with E-state index in [0.717, 1.165) is 64.2 Å². The maximum Gasteiger partial charge on any atom is 0.306 e. The van der Waals surface area contributed by atoms with Gasteiger partial charge >= 0.3 is 5.97 Å². The number of aliphatic hydroxyl groups excluding tert-OH is 2. The topological polar surface area (TPSA) is 95.9 Å². The highest BCUT2D eigenvalue weighted by Crippen LogP contribution is 2.19. The summed E-state index contributed by atoms with van der Waals surface area (Å²) in [5.41, 5.74) is 0. The van der Waals surface area contributed by atoms with E-state index in [9.17, 15) is 19.8 Å². The molecular formula is C65H125NO5. The third kappa shape index (κ3) is 54.4. The average Bonchev–Trinajstić information content (AvgIpc) is 3.36. The largest absolute Gasteiger partial charge is 0.462 e. The van der Waals surface area contributed by atoms with Crippen molar-refractivity contribution in [3.63, 3.8) is 0 Å². The van der Waals surface area contributed by atoms with Gasteiger partial charge in [0.15, 0.2) is 0 Å². The molecule has 0 spiro atoms. The standard InChI is InChI=1S/C65H125NO5/c1-4-7-10-13-16-19-22-25-28-31-34-37-40-43-46-49-52-55-58-65(70)71-61(56-53-50-47-44-41-38-35-32-29-26-23-20-17-14-11-8-5-2)59-64(69)66-62(60-67)63(68)57-54-51-48-45-42-39-36-33-30-27-24-21-18-15-12-9-6-3/h17,20,26,29,61-63,67-68H,4-16,18-19,21-25,27-28,30-60H2,1-3H3,(H,66,69)/b20-17-,29-26-. The first-order chi connectivity index (χ1) is 35.0. The van der Waals surface area contributed by atoms with Crippen molar-refractivity contribution in [2.75, 3.05) is 6.61 Å². The molecule has 3 unspecified atom stereocenters. The van der Waals surface area contributed by atoms with Crippen LogP contribution in [0.25, 0.3) is 0 Å². The molecule has 6 nitrogen and oxygen atoms in total. The number of unbranched alkanes of at least 4 members (excludes halogenated alkanes) is 43. The monoisotopic (exact) mass is 1000 g/mol. The maximum atomic E-state index is 13.3. The van der Waals surface area contributed by atoms with Crippen molar-refractivity contribution < 1.29 is 24.5 Å². The van der Waals surface area contributed by atoms with Crippen LogP contribution in [0.1, 0.15) is 355 Å². The van der Waals surface area contributed by atoms with Crippen LogP contribution in [0.15, 0.2) is 24.3 Å². The van der Waals surface area contributed by atoms with E-state index in [2.05, 4.69) is 50.4 Å². The molecule has 0 aliphatic rings. The lowest BCUT2D eigenvalue weighted by molar-refractivity contribution is -0.151. The quantitative estimate of drug-likeness (QED) is 0.0320. The molecule has 0 aromatic carbocycles. The number of nitrogens with one attached hydrogen (secondary N) is 1. The van der Waals surface area contributed by atoms with Gasteiger partial charge in [0.1, 0.15) is 6.10 Å². The fourth-order valence-electron chi connectivity index (χ4n) is 10.2. The Bertz CT molecular complexity index is 1120. The number of amides is 1. The van der Waals surface area contributed by atoms with E-state index in [1.54, 1.807) is 0 Å². The maximum absolute atomic E-state index is 13.3. The van der Waals surface area contributed by atoms with Crippen LogP contribution in [0.5, 0.6) is 0 Å². The number of carbonyl (C=O) groups excluding carboxylic acids is 2. The molecule has 0 heterocycles. The molecule has 6 heteroatoms. The lowest BCUT2D eigenvalue weighted by Crippen LogP contribution is -2.46. The molecular weight excluding hydrogens is 875 g/mol. The van der Waals surface area contributed by atoms with Crippen LogP contribution in [0.4, 0.5) is 0 Å². The van der Waals surface area contributed by atoms with Gasteiger partial charge in [-0.1, -0.05) is 308 Å². The van der Waals surface area contributed by atoms with Crippen LogP contribution in [-0.2, 0) is 14.3 Å². The Balaban J connectivity index is 4.50. The van der Waals surface area contributed by atoms with Gasteiger partial charge in [-0.15, -0.1) is 0 Å². The third-order valence-electron chi connectivity index (χ3n) is 15.0. The van der Waals surface area contributed by atoms with Crippen LogP contribution >= 0.6 is 0 Å². The van der Waals surface area contributed by atoms with Gasteiger partial charge in [-0.05, 0) is 57.8 Å². The summed E-state index contributed by atoms with van der Waals surface area (Å²) in [6.45, 7) is 6.52. The highest BCUT2D eigenvalue weighted by Gasteiger charge is 2.24. The molecule has 420 valence electrons. The molecule has 3 atom stereocenters. The minimum atomic E-state index is -0.788. The van der Waals surface area contributed by atoms with Crippen molar-refractivity contribution in [2.45, 2.75) is 373 Å². The van der Waals surface area contributed by atoms with Crippen LogP contribution in [0, 0.1) is 0 Å². The first kappa shape index (κ1) is 69.3. The molecule has 0 bridgehead atoms. The summed E-state index contributed by atoms with van der Waals surface area (Å²) in [5, 5.41) is 24.0. The lowest BCUT2D eigenvalue weighted by atomic mass is 10.0. The molecule has 71 heavy (non-hydrogen) atoms. The Kier molecular flexibility index (Phi) is 57.8. The zero-order chi connectivity index (χ0) is 51.6. The predicted molar refractivity (Wildman–Crippen MR) is 310 cm³/mol. The number of ether oxygens (including phenoxy) is 1. The number of aliphatic hydroxyl groups is 2. The van der Waals surface area contributed by atoms with Gasteiger partial charge in [0.2, 0.25) is 5.91 Å². The second-order valence-electron chi connectivity index (χ2n) is 22.2. The Morgan fingerprint density at radius 2 is 0.718 bits per heavy atom. The van der Waals surface area contributed by atoms with Gasteiger partial charge in [-0.25, -0.2) is 0 Å². The molecule has 0 saturated heterocycles. The van der Waals surface area contributed by atoms with Crippen molar-refractivity contribution in [2.24, 2.45) is 0 Å². The summed E-state index contributed by atoms with van der Waals surface area (Å²) in [6.07, 6.45) is 71.1. The predicted octanol–water partition coefficient (Wildman–Crippen LogP) is 20.2. The normalized spacial score (nSPS) is 13.1. The van der Waals surface area contributed by atoms with E-state index in [1.807, 2.05) is 0 Å². The minimum Gasteiger partial charge on any atom is -0.462 e. The van der Waals surface area contributed by atoms with Crippen molar-refractivity contribution in [3.05, 3.63) is 24.3 Å². The number of carbonyl (C=O) groups is 2. The molecule has 0 radical (unpaired) electrons. The zero-order valence-electron chi connectivity index (χ0n) is 48.1. The average molecular weight is 1000 g/mol. The van der Waals surface area contributed by atoms with Gasteiger partial charge in [0, 0.05) is 6.42 Å². The van der Waals surface area contributed by atoms with Gasteiger partial charge in [-0.2, -0.15) is 0 Å². The summed E-state index contributed by atoms with van der Waals surface area (Å²) in [4.78, 5) is 26.4. The van der Waals surface area contributed by atoms with Crippen molar-refractivity contribution in [1.29, 1.82) is 0 Å². The van der Waals surface area contributed by atoms with Crippen LogP contribution in [0.2, 0.25) is 0 Å². The van der Waals surface area contributed by atoms with E-state index >= 15 is 0 Å². The summed E-state index contributed by atoms with van der Waals surface area (Å²) in [6, 6.07) is -0.702. The lowest BCUT2D eigenvalue weighted by Gasteiger charge is -2.24. The molecule has 0 aromatic heterocycles. The van der Waals surface area contributed by atoms with Crippen molar-refractivity contribution in [1.82, 2.24) is 5.32 Å². The van der Waals surface area contributed by atoms with E-state index in [0.29, 0.717) is 19.3 Å². The van der Waals surface area contributed by atoms with Crippen LogP contribution < -0.4 is 5.32 Å². The Morgan fingerprint density at radius 3 is 1.10 bits per heavy atom. The van der Waals surface area contributed by atoms with Gasteiger partial charge in [0.25, 0.3) is 0 Å². The number of allylic oxidation sites excluding steroid dienone is 4. The van der Waals surface area contributed by atoms with Gasteiger partial charge < -0.3 is 20.3 Å². The fraction of sp³-hybridized carbons (Fsp3) is 0.908. The van der Waals surface area contributed by atoms with Gasteiger partial charge in [0.05, 0.1) is 25.2 Å². The third-order valence-corrected chi connectivity index (χ3v) is 15.0. The molecule has 0 rings (SSSR count). The van der Waals surface area contributed by atoms with E-state index < -0.39 is 18.2 Å². The molecule has 0 aliphatic heterocycles. The molecule has 1 amide bonds. The Labute approximate surface area is 443 Å². The van der Waals surface area contributed by atoms with Gasteiger partial charge in [-0.3, -0.25) is 9.59 Å². The minimum absolute atomic E-state index is 0.0787. The Morgan fingerprint density at radius 1 is 0.408 bits per heavy atom. The van der Waals surface area contributed by atoms with Crippen molar-refractivity contribution >= 4 is 11.9 Å². The summed E-state index contributed by atoms with van der Waals surface area (Å²) < 4.78 is 5.99. The van der Waals surface area contributed by atoms with Crippen molar-refractivity contribution in [3.8, 4) is 0 Å². The highest BCUT2D eigenvalue weighted by atomic mass is 16.5. The second-order valence-corrected chi connectivity index (χ2v) is 22.2. The first-order valence-electron chi connectivity index (χ1n) is 32.1.